The summed E-state index contributed by atoms with van der Waals surface area (Å²) in [5, 5.41) is 1.95. The summed E-state index contributed by atoms with van der Waals surface area (Å²) in [5.74, 6) is 0. The summed E-state index contributed by atoms with van der Waals surface area (Å²) < 4.78 is 0. The molecule has 0 bridgehead atoms. The molecule has 0 heterocycles. The lowest BCUT2D eigenvalue weighted by Crippen LogP contribution is -2.07. The normalized spacial score (nSPS) is 24.3. The second-order valence-electron chi connectivity index (χ2n) is 3.17. The van der Waals surface area contributed by atoms with Crippen molar-refractivity contribution in [2.45, 2.75) is 38.3 Å². The summed E-state index contributed by atoms with van der Waals surface area (Å²) in [6.45, 7) is 6.02. The van der Waals surface area contributed by atoms with Crippen molar-refractivity contribution >= 4 is 21.0 Å². The van der Waals surface area contributed by atoms with Crippen LogP contribution in [0, 0.1) is 0 Å². The van der Waals surface area contributed by atoms with Crippen LogP contribution in [0.1, 0.15) is 32.6 Å². The predicted molar refractivity (Wildman–Crippen MR) is 62.5 cm³/mol. The van der Waals surface area contributed by atoms with Gasteiger partial charge >= 0.3 is 0 Å². The van der Waals surface area contributed by atoms with Gasteiger partial charge in [0.25, 0.3) is 0 Å². The molecule has 1 rings (SSSR count). The molecule has 0 amide bonds. The number of hydrogen-bond donors (Lipinski definition) is 0. The SMILES string of the molecule is C=CSC1=C(CC)CC(P)CC1. The molecule has 1 aliphatic carbocycles. The van der Waals surface area contributed by atoms with Gasteiger partial charge in [0.1, 0.15) is 0 Å². The highest BCUT2D eigenvalue weighted by molar-refractivity contribution is 8.05. The Kier molecular flexibility index (Phi) is 4.39. The molecule has 0 fully saturated rings. The highest BCUT2D eigenvalue weighted by Gasteiger charge is 2.16. The third-order valence-electron chi connectivity index (χ3n) is 2.30. The minimum Gasteiger partial charge on any atom is -0.134 e. The van der Waals surface area contributed by atoms with Gasteiger partial charge in [-0.3, -0.25) is 0 Å². The standard InChI is InChI=1S/C10H17PS/c1-3-8-7-9(11)5-6-10(8)12-4-2/h4,9H,2-3,5-7,11H2,1H3. The van der Waals surface area contributed by atoms with E-state index in [1.165, 1.54) is 25.7 Å². The van der Waals surface area contributed by atoms with E-state index in [0.29, 0.717) is 0 Å². The lowest BCUT2D eigenvalue weighted by atomic mass is 9.97. The summed E-state index contributed by atoms with van der Waals surface area (Å²) in [7, 11) is 2.94. The van der Waals surface area contributed by atoms with Crippen molar-refractivity contribution in [2.24, 2.45) is 0 Å². The molecular formula is C10H17PS. The molecule has 0 aliphatic heterocycles. The summed E-state index contributed by atoms with van der Waals surface area (Å²) in [4.78, 5) is 1.58. The van der Waals surface area contributed by atoms with Gasteiger partial charge in [-0.15, -0.1) is 21.0 Å². The van der Waals surface area contributed by atoms with Gasteiger partial charge in [-0.1, -0.05) is 19.1 Å². The predicted octanol–water partition coefficient (Wildman–Crippen LogP) is 3.95. The molecule has 0 aromatic heterocycles. The van der Waals surface area contributed by atoms with Crippen molar-refractivity contribution in [1.82, 2.24) is 0 Å². The van der Waals surface area contributed by atoms with Gasteiger partial charge in [0, 0.05) is 0 Å². The van der Waals surface area contributed by atoms with Gasteiger partial charge in [0.15, 0.2) is 0 Å². The highest BCUT2D eigenvalue weighted by Crippen LogP contribution is 2.37. The Bertz CT molecular complexity index is 196. The van der Waals surface area contributed by atoms with Gasteiger partial charge in [-0.05, 0) is 41.7 Å². The zero-order chi connectivity index (χ0) is 8.97. The Morgan fingerprint density at radius 1 is 1.75 bits per heavy atom. The van der Waals surface area contributed by atoms with Crippen molar-refractivity contribution in [2.75, 3.05) is 0 Å². The first-order valence-electron chi connectivity index (χ1n) is 4.52. The lowest BCUT2D eigenvalue weighted by Gasteiger charge is -2.22. The smallest absolute Gasteiger partial charge is 0.0116 e. The van der Waals surface area contributed by atoms with Crippen LogP contribution in [0.5, 0.6) is 0 Å². The fraction of sp³-hybridized carbons (Fsp3) is 0.600. The molecule has 0 saturated heterocycles. The van der Waals surface area contributed by atoms with Gasteiger partial charge in [0.2, 0.25) is 0 Å². The molecule has 2 atom stereocenters. The fourth-order valence-electron chi connectivity index (χ4n) is 1.61. The van der Waals surface area contributed by atoms with E-state index in [0.717, 1.165) is 5.66 Å². The Hall–Kier alpha value is 0.260. The van der Waals surface area contributed by atoms with E-state index in [2.05, 4.69) is 22.7 Å². The van der Waals surface area contributed by atoms with Crippen molar-refractivity contribution in [3.8, 4) is 0 Å². The van der Waals surface area contributed by atoms with Crippen LogP contribution >= 0.6 is 21.0 Å². The molecule has 0 aromatic rings. The molecule has 2 heteroatoms. The maximum atomic E-state index is 3.77. The fourth-order valence-corrected chi connectivity index (χ4v) is 2.89. The summed E-state index contributed by atoms with van der Waals surface area (Å²) in [5.41, 5.74) is 2.46. The van der Waals surface area contributed by atoms with E-state index in [1.807, 2.05) is 17.2 Å². The lowest BCUT2D eigenvalue weighted by molar-refractivity contribution is 0.694. The first-order chi connectivity index (χ1) is 5.77. The minimum atomic E-state index is 0.814. The third-order valence-corrected chi connectivity index (χ3v) is 3.81. The van der Waals surface area contributed by atoms with Crippen molar-refractivity contribution < 1.29 is 0 Å². The largest absolute Gasteiger partial charge is 0.134 e. The van der Waals surface area contributed by atoms with Crippen LogP contribution in [0.2, 0.25) is 0 Å². The minimum absolute atomic E-state index is 0.814. The van der Waals surface area contributed by atoms with Crippen molar-refractivity contribution in [3.63, 3.8) is 0 Å². The molecule has 2 unspecified atom stereocenters. The van der Waals surface area contributed by atoms with Crippen LogP contribution in [0.15, 0.2) is 22.5 Å². The number of thioether (sulfide) groups is 1. The molecule has 68 valence electrons. The van der Waals surface area contributed by atoms with Gasteiger partial charge in [-0.25, -0.2) is 0 Å². The summed E-state index contributed by atoms with van der Waals surface area (Å²) in [6.07, 6.45) is 5.07. The topological polar surface area (TPSA) is 0 Å². The molecule has 0 aromatic carbocycles. The van der Waals surface area contributed by atoms with E-state index in [4.69, 9.17) is 0 Å². The van der Waals surface area contributed by atoms with E-state index in [1.54, 1.807) is 10.5 Å². The highest BCUT2D eigenvalue weighted by atomic mass is 32.2. The summed E-state index contributed by atoms with van der Waals surface area (Å²) in [6, 6.07) is 0. The van der Waals surface area contributed by atoms with E-state index in [9.17, 15) is 0 Å². The zero-order valence-electron chi connectivity index (χ0n) is 7.68. The number of allylic oxidation sites excluding steroid dienone is 2. The van der Waals surface area contributed by atoms with Gasteiger partial charge < -0.3 is 0 Å². The van der Waals surface area contributed by atoms with Crippen LogP contribution in [-0.4, -0.2) is 5.66 Å². The third kappa shape index (κ3) is 2.64. The van der Waals surface area contributed by atoms with Crippen LogP contribution in [0.3, 0.4) is 0 Å². The van der Waals surface area contributed by atoms with Crippen LogP contribution in [0.25, 0.3) is 0 Å². The van der Waals surface area contributed by atoms with Gasteiger partial charge in [0.05, 0.1) is 0 Å². The first-order valence-corrected chi connectivity index (χ1v) is 6.06. The van der Waals surface area contributed by atoms with Crippen LogP contribution in [-0.2, 0) is 0 Å². The van der Waals surface area contributed by atoms with Crippen molar-refractivity contribution in [3.05, 3.63) is 22.5 Å². The number of hydrogen-bond acceptors (Lipinski definition) is 1. The maximum absolute atomic E-state index is 3.77. The molecular weight excluding hydrogens is 183 g/mol. The van der Waals surface area contributed by atoms with E-state index in [-0.39, 0.29) is 0 Å². The Morgan fingerprint density at radius 3 is 3.08 bits per heavy atom. The number of rotatable bonds is 3. The van der Waals surface area contributed by atoms with Gasteiger partial charge in [-0.2, -0.15) is 0 Å². The molecule has 0 saturated carbocycles. The molecule has 0 radical (unpaired) electrons. The average Bonchev–Trinajstić information content (AvgIpc) is 2.08. The summed E-state index contributed by atoms with van der Waals surface area (Å²) >= 11 is 1.82. The molecule has 0 N–H and O–H groups in total. The monoisotopic (exact) mass is 200 g/mol. The second kappa shape index (κ2) is 5.09. The van der Waals surface area contributed by atoms with E-state index < -0.39 is 0 Å². The zero-order valence-corrected chi connectivity index (χ0v) is 9.65. The molecule has 12 heavy (non-hydrogen) atoms. The Labute approximate surface area is 82.1 Å². The molecule has 0 nitrogen and oxygen atoms in total. The molecule has 1 aliphatic rings. The van der Waals surface area contributed by atoms with Crippen LogP contribution < -0.4 is 0 Å². The maximum Gasteiger partial charge on any atom is -0.0116 e. The van der Waals surface area contributed by atoms with Crippen molar-refractivity contribution in [1.29, 1.82) is 0 Å². The second-order valence-corrected chi connectivity index (χ2v) is 5.17. The Morgan fingerprint density at radius 2 is 2.50 bits per heavy atom. The first kappa shape index (κ1) is 10.3. The quantitative estimate of drug-likeness (QED) is 0.621. The Balaban J connectivity index is 2.68. The van der Waals surface area contributed by atoms with Crippen LogP contribution in [0.4, 0.5) is 0 Å². The van der Waals surface area contributed by atoms with E-state index >= 15 is 0 Å². The molecule has 0 spiro atoms. The average molecular weight is 200 g/mol.